The zero-order valence-electron chi connectivity index (χ0n) is 7.39. The van der Waals surface area contributed by atoms with Crippen molar-refractivity contribution >= 4 is 17.1 Å². The van der Waals surface area contributed by atoms with E-state index in [0.717, 1.165) is 18.4 Å². The summed E-state index contributed by atoms with van der Waals surface area (Å²) in [4.78, 5) is 12.9. The quantitative estimate of drug-likeness (QED) is 0.600. The van der Waals surface area contributed by atoms with Gasteiger partial charge in [-0.1, -0.05) is 6.92 Å². The lowest BCUT2D eigenvalue weighted by Gasteiger charge is -2.17. The molecule has 1 heterocycles. The normalized spacial score (nSPS) is 22.5. The van der Waals surface area contributed by atoms with E-state index in [2.05, 4.69) is 12.3 Å². The third-order valence-corrected chi connectivity index (χ3v) is 3.52. The van der Waals surface area contributed by atoms with E-state index in [-0.39, 0.29) is 0 Å². The third kappa shape index (κ3) is 1.11. The Bertz CT molecular complexity index is 325. The van der Waals surface area contributed by atoms with Crippen LogP contribution in [0.1, 0.15) is 34.1 Å². The maximum atomic E-state index is 11.6. The van der Waals surface area contributed by atoms with Crippen LogP contribution in [0.4, 0.5) is 0 Å². The smallest absolute Gasteiger partial charge is 0.164 e. The van der Waals surface area contributed by atoms with Crippen LogP contribution in [-0.4, -0.2) is 5.78 Å². The van der Waals surface area contributed by atoms with Gasteiger partial charge in [0.2, 0.25) is 0 Å². The van der Waals surface area contributed by atoms with Crippen molar-refractivity contribution < 1.29 is 4.79 Å². The molecule has 0 aliphatic heterocycles. The number of hydrogen-bond acceptors (Lipinski definition) is 2. The SMILES string of the molecule is Cc1csc2c1C(=O)CC(C)C2. The molecule has 1 aliphatic rings. The van der Waals surface area contributed by atoms with Gasteiger partial charge >= 0.3 is 0 Å². The maximum absolute atomic E-state index is 11.6. The van der Waals surface area contributed by atoms with Crippen LogP contribution in [0.15, 0.2) is 5.38 Å². The Balaban J connectivity index is 2.50. The molecular weight excluding hydrogens is 168 g/mol. The molecule has 0 amide bonds. The standard InChI is InChI=1S/C10H12OS/c1-6-3-8(11)10-7(2)5-12-9(10)4-6/h5-6H,3-4H2,1-2H3. The van der Waals surface area contributed by atoms with Gasteiger partial charge in [-0.25, -0.2) is 0 Å². The molecule has 0 radical (unpaired) electrons. The van der Waals surface area contributed by atoms with Crippen molar-refractivity contribution in [2.24, 2.45) is 5.92 Å². The summed E-state index contributed by atoms with van der Waals surface area (Å²) in [6.07, 6.45) is 1.84. The lowest BCUT2D eigenvalue weighted by Crippen LogP contribution is -2.16. The first-order valence-corrected chi connectivity index (χ1v) is 5.16. The Labute approximate surface area is 76.4 Å². The number of Topliss-reactive ketones (excluding diaryl/α,β-unsaturated/α-hetero) is 1. The van der Waals surface area contributed by atoms with Crippen LogP contribution in [0.25, 0.3) is 0 Å². The molecule has 12 heavy (non-hydrogen) atoms. The van der Waals surface area contributed by atoms with E-state index in [0.29, 0.717) is 11.7 Å². The Morgan fingerprint density at radius 1 is 1.50 bits per heavy atom. The molecule has 0 spiro atoms. The van der Waals surface area contributed by atoms with Crippen molar-refractivity contribution in [1.82, 2.24) is 0 Å². The van der Waals surface area contributed by atoms with E-state index in [1.54, 1.807) is 11.3 Å². The molecule has 0 N–H and O–H groups in total. The van der Waals surface area contributed by atoms with Gasteiger partial charge in [0.05, 0.1) is 0 Å². The van der Waals surface area contributed by atoms with Crippen LogP contribution in [0.3, 0.4) is 0 Å². The number of rotatable bonds is 0. The zero-order chi connectivity index (χ0) is 8.72. The highest BCUT2D eigenvalue weighted by Gasteiger charge is 2.24. The van der Waals surface area contributed by atoms with Crippen molar-refractivity contribution in [3.05, 3.63) is 21.4 Å². The van der Waals surface area contributed by atoms with Gasteiger partial charge in [-0.2, -0.15) is 0 Å². The van der Waals surface area contributed by atoms with Gasteiger partial charge in [0.15, 0.2) is 5.78 Å². The van der Waals surface area contributed by atoms with E-state index < -0.39 is 0 Å². The van der Waals surface area contributed by atoms with E-state index in [1.165, 1.54) is 10.4 Å². The molecule has 0 saturated carbocycles. The average Bonchev–Trinajstić information content (AvgIpc) is 2.31. The predicted octanol–water partition coefficient (Wildman–Crippen LogP) is 2.82. The van der Waals surface area contributed by atoms with Crippen LogP contribution < -0.4 is 0 Å². The Morgan fingerprint density at radius 3 is 3.00 bits per heavy atom. The summed E-state index contributed by atoms with van der Waals surface area (Å²) in [5, 5.41) is 2.10. The number of carbonyl (C=O) groups is 1. The molecule has 2 heteroatoms. The van der Waals surface area contributed by atoms with Gasteiger partial charge in [-0.15, -0.1) is 11.3 Å². The number of fused-ring (bicyclic) bond motifs is 1. The van der Waals surface area contributed by atoms with Crippen molar-refractivity contribution in [3.63, 3.8) is 0 Å². The number of ketones is 1. The number of hydrogen-bond donors (Lipinski definition) is 0. The summed E-state index contributed by atoms with van der Waals surface area (Å²) >= 11 is 1.74. The van der Waals surface area contributed by atoms with E-state index >= 15 is 0 Å². The Kier molecular flexibility index (Phi) is 1.80. The minimum Gasteiger partial charge on any atom is -0.294 e. The lowest BCUT2D eigenvalue weighted by molar-refractivity contribution is 0.0954. The van der Waals surface area contributed by atoms with Crippen LogP contribution >= 0.6 is 11.3 Å². The fraction of sp³-hybridized carbons (Fsp3) is 0.500. The lowest BCUT2D eigenvalue weighted by atomic mass is 9.88. The van der Waals surface area contributed by atoms with Crippen LogP contribution in [0.2, 0.25) is 0 Å². The fourth-order valence-corrected chi connectivity index (χ4v) is 3.04. The second kappa shape index (κ2) is 2.70. The number of thiophene rings is 1. The van der Waals surface area contributed by atoms with Crippen LogP contribution in [-0.2, 0) is 6.42 Å². The summed E-state index contributed by atoms with van der Waals surface area (Å²) in [7, 11) is 0. The summed E-state index contributed by atoms with van der Waals surface area (Å²) in [6, 6.07) is 0. The van der Waals surface area contributed by atoms with Crippen molar-refractivity contribution in [3.8, 4) is 0 Å². The van der Waals surface area contributed by atoms with Crippen LogP contribution in [0.5, 0.6) is 0 Å². The largest absolute Gasteiger partial charge is 0.294 e. The summed E-state index contributed by atoms with van der Waals surface area (Å²) < 4.78 is 0. The van der Waals surface area contributed by atoms with Gasteiger partial charge < -0.3 is 0 Å². The van der Waals surface area contributed by atoms with Crippen molar-refractivity contribution in [1.29, 1.82) is 0 Å². The topological polar surface area (TPSA) is 17.1 Å². The summed E-state index contributed by atoms with van der Waals surface area (Å²) in [5.41, 5.74) is 2.20. The molecule has 1 atom stereocenters. The molecule has 2 rings (SSSR count). The summed E-state index contributed by atoms with van der Waals surface area (Å²) in [5.74, 6) is 0.894. The fourth-order valence-electron chi connectivity index (χ4n) is 1.83. The molecule has 1 aromatic heterocycles. The molecule has 1 aromatic rings. The second-order valence-corrected chi connectivity index (χ2v) is 4.62. The van der Waals surface area contributed by atoms with E-state index in [1.807, 2.05) is 6.92 Å². The highest BCUT2D eigenvalue weighted by Crippen LogP contribution is 2.31. The maximum Gasteiger partial charge on any atom is 0.164 e. The average molecular weight is 180 g/mol. The minimum absolute atomic E-state index is 0.350. The molecule has 1 aliphatic carbocycles. The number of carbonyl (C=O) groups excluding carboxylic acids is 1. The predicted molar refractivity (Wildman–Crippen MR) is 50.9 cm³/mol. The first kappa shape index (κ1) is 7.99. The second-order valence-electron chi connectivity index (χ2n) is 3.65. The first-order valence-electron chi connectivity index (χ1n) is 4.28. The van der Waals surface area contributed by atoms with Crippen LogP contribution in [0, 0.1) is 12.8 Å². The molecule has 64 valence electrons. The van der Waals surface area contributed by atoms with Gasteiger partial charge in [0, 0.05) is 16.9 Å². The minimum atomic E-state index is 0.350. The molecule has 1 nitrogen and oxygen atoms in total. The highest BCUT2D eigenvalue weighted by atomic mass is 32.1. The van der Waals surface area contributed by atoms with E-state index in [4.69, 9.17) is 0 Å². The van der Waals surface area contributed by atoms with E-state index in [9.17, 15) is 4.79 Å². The Hall–Kier alpha value is -0.630. The number of aryl methyl sites for hydroxylation is 1. The molecule has 0 saturated heterocycles. The molecular formula is C10H12OS. The molecule has 0 bridgehead atoms. The first-order chi connectivity index (χ1) is 5.68. The van der Waals surface area contributed by atoms with Crippen molar-refractivity contribution in [2.45, 2.75) is 26.7 Å². The van der Waals surface area contributed by atoms with Gasteiger partial charge in [-0.05, 0) is 30.2 Å². The van der Waals surface area contributed by atoms with Gasteiger partial charge in [-0.3, -0.25) is 4.79 Å². The summed E-state index contributed by atoms with van der Waals surface area (Å²) in [6.45, 7) is 4.18. The zero-order valence-corrected chi connectivity index (χ0v) is 8.20. The third-order valence-electron chi connectivity index (χ3n) is 2.40. The molecule has 1 unspecified atom stereocenters. The van der Waals surface area contributed by atoms with Crippen molar-refractivity contribution in [2.75, 3.05) is 0 Å². The van der Waals surface area contributed by atoms with Gasteiger partial charge in [0.25, 0.3) is 0 Å². The molecule has 0 aromatic carbocycles. The molecule has 0 fully saturated rings. The monoisotopic (exact) mass is 180 g/mol. The highest BCUT2D eigenvalue weighted by molar-refractivity contribution is 7.10. The Morgan fingerprint density at radius 2 is 2.25 bits per heavy atom. The van der Waals surface area contributed by atoms with Gasteiger partial charge in [0.1, 0.15) is 0 Å².